The van der Waals surface area contributed by atoms with Crippen molar-refractivity contribution in [2.24, 2.45) is 5.10 Å². The number of hydrogen-bond donors (Lipinski definition) is 1. The second-order valence-electron chi connectivity index (χ2n) is 8.18. The zero-order valence-corrected chi connectivity index (χ0v) is 20.1. The zero-order valence-electron chi connectivity index (χ0n) is 19.4. The summed E-state index contributed by atoms with van der Waals surface area (Å²) in [5, 5.41) is 4.99. The van der Waals surface area contributed by atoms with Crippen LogP contribution in [-0.4, -0.2) is 37.9 Å². The van der Waals surface area contributed by atoms with Crippen LogP contribution in [0, 0.1) is 6.92 Å². The Balaban J connectivity index is 1.30. The summed E-state index contributed by atoms with van der Waals surface area (Å²) in [6.07, 6.45) is 0. The number of nitrogens with zero attached hydrogens (tertiary/aromatic N) is 2. The lowest BCUT2D eigenvalue weighted by atomic mass is 10.1. The maximum Gasteiger partial charge on any atom is 0.271 e. The van der Waals surface area contributed by atoms with Gasteiger partial charge in [0.15, 0.2) is 0 Å². The summed E-state index contributed by atoms with van der Waals surface area (Å²) in [7, 11) is 0. The van der Waals surface area contributed by atoms with Gasteiger partial charge in [-0.25, -0.2) is 5.43 Å². The minimum atomic E-state index is -0.259. The average molecular weight is 478 g/mol. The van der Waals surface area contributed by atoms with Crippen LogP contribution in [0.5, 0.6) is 5.75 Å². The highest BCUT2D eigenvalue weighted by Crippen LogP contribution is 2.22. The SMILES string of the molecule is CC(=NNC(=O)c1ccc(COc2ccc(Cl)c(C)c2)cc1)c1ccc(N2CCOCC2)cc1. The first-order valence-electron chi connectivity index (χ1n) is 11.3. The third kappa shape index (κ3) is 6.16. The molecule has 1 amide bonds. The van der Waals surface area contributed by atoms with E-state index in [1.807, 2.05) is 56.3 Å². The molecule has 1 aliphatic rings. The summed E-state index contributed by atoms with van der Waals surface area (Å²) >= 11 is 6.05. The number of ether oxygens (including phenoxy) is 2. The van der Waals surface area contributed by atoms with E-state index in [0.717, 1.165) is 54.5 Å². The summed E-state index contributed by atoms with van der Waals surface area (Å²) in [4.78, 5) is 14.8. The van der Waals surface area contributed by atoms with E-state index in [4.69, 9.17) is 21.1 Å². The lowest BCUT2D eigenvalue weighted by molar-refractivity contribution is 0.0954. The third-order valence-electron chi connectivity index (χ3n) is 5.74. The molecule has 0 aromatic heterocycles. The Hall–Kier alpha value is -3.35. The van der Waals surface area contributed by atoms with E-state index in [9.17, 15) is 4.79 Å². The molecule has 3 aromatic carbocycles. The van der Waals surface area contributed by atoms with Crippen LogP contribution >= 0.6 is 11.6 Å². The summed E-state index contributed by atoms with van der Waals surface area (Å²) in [6.45, 7) is 7.52. The van der Waals surface area contributed by atoms with Crippen molar-refractivity contribution in [2.75, 3.05) is 31.2 Å². The molecule has 1 aliphatic heterocycles. The van der Waals surface area contributed by atoms with Crippen LogP contribution in [0.2, 0.25) is 5.02 Å². The van der Waals surface area contributed by atoms with Gasteiger partial charge < -0.3 is 14.4 Å². The molecule has 0 unspecified atom stereocenters. The van der Waals surface area contributed by atoms with Crippen molar-refractivity contribution in [3.63, 3.8) is 0 Å². The topological polar surface area (TPSA) is 63.2 Å². The van der Waals surface area contributed by atoms with Gasteiger partial charge in [0.1, 0.15) is 12.4 Å². The molecule has 0 spiro atoms. The van der Waals surface area contributed by atoms with E-state index in [0.29, 0.717) is 17.2 Å². The number of morpholine rings is 1. The van der Waals surface area contributed by atoms with Crippen LogP contribution in [0.4, 0.5) is 5.69 Å². The summed E-state index contributed by atoms with van der Waals surface area (Å²) in [5.41, 5.74) is 7.97. The number of anilines is 1. The van der Waals surface area contributed by atoms with E-state index >= 15 is 0 Å². The number of benzene rings is 3. The smallest absolute Gasteiger partial charge is 0.271 e. The largest absolute Gasteiger partial charge is 0.489 e. The van der Waals surface area contributed by atoms with Crippen LogP contribution in [0.3, 0.4) is 0 Å². The van der Waals surface area contributed by atoms with Crippen molar-refractivity contribution >= 4 is 28.9 Å². The van der Waals surface area contributed by atoms with Crippen molar-refractivity contribution in [1.82, 2.24) is 5.43 Å². The van der Waals surface area contributed by atoms with Crippen molar-refractivity contribution in [1.29, 1.82) is 0 Å². The maximum absolute atomic E-state index is 12.5. The molecule has 0 saturated carbocycles. The first-order chi connectivity index (χ1) is 16.5. The number of hydrazone groups is 1. The lowest BCUT2D eigenvalue weighted by Crippen LogP contribution is -2.36. The predicted molar refractivity (Wildman–Crippen MR) is 136 cm³/mol. The quantitative estimate of drug-likeness (QED) is 0.374. The van der Waals surface area contributed by atoms with Gasteiger partial charge in [-0.15, -0.1) is 0 Å². The normalized spacial score (nSPS) is 14.1. The second kappa shape index (κ2) is 11.2. The number of carbonyl (C=O) groups excluding carboxylic acids is 1. The molecule has 1 N–H and O–H groups in total. The molecular formula is C27H28ClN3O3. The molecular weight excluding hydrogens is 450 g/mol. The molecule has 176 valence electrons. The monoisotopic (exact) mass is 477 g/mol. The fourth-order valence-corrected chi connectivity index (χ4v) is 3.74. The number of carbonyl (C=O) groups is 1. The molecule has 3 aromatic rings. The molecule has 0 aliphatic carbocycles. The highest BCUT2D eigenvalue weighted by Gasteiger charge is 2.11. The fourth-order valence-electron chi connectivity index (χ4n) is 3.62. The molecule has 1 heterocycles. The van der Waals surface area contributed by atoms with Crippen LogP contribution in [0.15, 0.2) is 71.8 Å². The Labute approximate surface area is 205 Å². The number of aryl methyl sites for hydroxylation is 1. The van der Waals surface area contributed by atoms with Gasteiger partial charge in [0.2, 0.25) is 0 Å². The fraction of sp³-hybridized carbons (Fsp3) is 0.259. The van der Waals surface area contributed by atoms with E-state index < -0.39 is 0 Å². The Morgan fingerprint density at radius 3 is 2.38 bits per heavy atom. The van der Waals surface area contributed by atoms with Gasteiger partial charge >= 0.3 is 0 Å². The highest BCUT2D eigenvalue weighted by molar-refractivity contribution is 6.31. The van der Waals surface area contributed by atoms with Gasteiger partial charge in [0.25, 0.3) is 5.91 Å². The van der Waals surface area contributed by atoms with Crippen LogP contribution in [-0.2, 0) is 11.3 Å². The van der Waals surface area contributed by atoms with Gasteiger partial charge in [-0.1, -0.05) is 35.9 Å². The van der Waals surface area contributed by atoms with Crippen LogP contribution < -0.4 is 15.1 Å². The van der Waals surface area contributed by atoms with Crippen LogP contribution in [0.25, 0.3) is 0 Å². The minimum absolute atomic E-state index is 0.259. The summed E-state index contributed by atoms with van der Waals surface area (Å²) < 4.78 is 11.2. The van der Waals surface area contributed by atoms with Gasteiger partial charge in [-0.3, -0.25) is 4.79 Å². The minimum Gasteiger partial charge on any atom is -0.489 e. The van der Waals surface area contributed by atoms with E-state index in [1.165, 1.54) is 5.69 Å². The molecule has 34 heavy (non-hydrogen) atoms. The Kier molecular flexibility index (Phi) is 7.83. The van der Waals surface area contributed by atoms with E-state index in [1.54, 1.807) is 12.1 Å². The standard InChI is InChI=1S/C27H28ClN3O3/c1-19-17-25(11-12-26(19)28)34-18-21-3-5-23(6-4-21)27(32)30-29-20(2)22-7-9-24(10-8-22)31-13-15-33-16-14-31/h3-12,17H,13-16,18H2,1-2H3,(H,30,32). The number of nitrogens with one attached hydrogen (secondary N) is 1. The van der Waals surface area contributed by atoms with Crippen molar-refractivity contribution in [3.05, 3.63) is 94.0 Å². The molecule has 0 radical (unpaired) electrons. The molecule has 0 bridgehead atoms. The number of rotatable bonds is 7. The number of halogens is 1. The van der Waals surface area contributed by atoms with Crippen molar-refractivity contribution in [2.45, 2.75) is 20.5 Å². The maximum atomic E-state index is 12.5. The second-order valence-corrected chi connectivity index (χ2v) is 8.59. The van der Waals surface area contributed by atoms with E-state index in [2.05, 4.69) is 27.6 Å². The Morgan fingerprint density at radius 1 is 1.03 bits per heavy atom. The van der Waals surface area contributed by atoms with Crippen LogP contribution in [0.1, 0.15) is 34.0 Å². The van der Waals surface area contributed by atoms with Gasteiger partial charge in [-0.05, 0) is 73.0 Å². The molecule has 0 atom stereocenters. The molecule has 6 nitrogen and oxygen atoms in total. The average Bonchev–Trinajstić information content (AvgIpc) is 2.88. The Morgan fingerprint density at radius 2 is 1.71 bits per heavy atom. The number of amides is 1. The van der Waals surface area contributed by atoms with Crippen molar-refractivity contribution < 1.29 is 14.3 Å². The van der Waals surface area contributed by atoms with Crippen molar-refractivity contribution in [3.8, 4) is 5.75 Å². The third-order valence-corrected chi connectivity index (χ3v) is 6.16. The summed E-state index contributed by atoms with van der Waals surface area (Å²) in [6, 6.07) is 21.0. The predicted octanol–water partition coefficient (Wildman–Crippen LogP) is 5.22. The molecule has 1 fully saturated rings. The van der Waals surface area contributed by atoms with Gasteiger partial charge in [-0.2, -0.15) is 5.10 Å². The number of hydrogen-bond acceptors (Lipinski definition) is 5. The van der Waals surface area contributed by atoms with Gasteiger partial charge in [0.05, 0.1) is 18.9 Å². The van der Waals surface area contributed by atoms with E-state index in [-0.39, 0.29) is 5.91 Å². The zero-order chi connectivity index (χ0) is 23.9. The first kappa shape index (κ1) is 23.8. The molecule has 4 rings (SSSR count). The molecule has 1 saturated heterocycles. The molecule has 7 heteroatoms. The first-order valence-corrected chi connectivity index (χ1v) is 11.6. The highest BCUT2D eigenvalue weighted by atomic mass is 35.5. The van der Waals surface area contributed by atoms with Gasteiger partial charge in [0, 0.05) is 29.4 Å². The summed E-state index contributed by atoms with van der Waals surface area (Å²) in [5.74, 6) is 0.497. The lowest BCUT2D eigenvalue weighted by Gasteiger charge is -2.28. The Bertz CT molecular complexity index is 1150.